The minimum atomic E-state index is -0.711. The van der Waals surface area contributed by atoms with Gasteiger partial charge in [-0.05, 0) is 77.8 Å². The number of carbonyl (C=O) groups is 3. The summed E-state index contributed by atoms with van der Waals surface area (Å²) in [5.41, 5.74) is 0. The first-order valence-corrected chi connectivity index (χ1v) is 21.0. The Morgan fingerprint density at radius 3 is 1.33 bits per heavy atom. The van der Waals surface area contributed by atoms with Gasteiger partial charge in [-0.1, -0.05) is 147 Å². The number of carboxylic acids is 1. The summed E-state index contributed by atoms with van der Waals surface area (Å²) in [4.78, 5) is 35.9. The van der Waals surface area contributed by atoms with Crippen LogP contribution in [0.25, 0.3) is 0 Å². The van der Waals surface area contributed by atoms with E-state index in [1.54, 1.807) is 0 Å². The molecule has 0 amide bonds. The van der Waals surface area contributed by atoms with Crippen LogP contribution in [0.3, 0.4) is 0 Å². The second-order valence-electron chi connectivity index (χ2n) is 14.4. The number of carboxylic acid groups (broad SMARTS) is 1. The Labute approximate surface area is 316 Å². The fraction of sp³-hybridized carbons (Fsp3) is 0.837. The first kappa shape index (κ1) is 51.0. The quantitative estimate of drug-likeness (QED) is 0.0298. The summed E-state index contributed by atoms with van der Waals surface area (Å²) < 4.78 is 10.5. The molecule has 0 aromatic heterocycles. The van der Waals surface area contributed by atoms with E-state index in [-0.39, 0.29) is 31.6 Å². The van der Waals surface area contributed by atoms with Crippen molar-refractivity contribution in [3.63, 3.8) is 0 Å². The molecule has 0 aliphatic heterocycles. The SMILES string of the molecule is CN(C)CCCC(=O)O.[B][C@@H](COC(=O)CCCCCCC/C=C\C/C=C\CCCCC)COC(=O)CCCCCCCCCCCCCCC. The maximum atomic E-state index is 12.0. The fourth-order valence-corrected chi connectivity index (χ4v) is 5.51. The molecule has 0 heterocycles. The minimum Gasteiger partial charge on any atom is -0.481 e. The predicted octanol–water partition coefficient (Wildman–Crippen LogP) is 11.7. The molecular formula is C43H80BNO6. The standard InChI is InChI=1S/C37H67BO4.C6H13NO2/c1-3-5-7-9-11-13-15-17-18-20-22-24-26-28-30-32-37(40)42-34-35(38)33-41-36(39)31-29-27-25-23-21-19-16-14-12-10-8-6-4-2;1-7(2)5-3-4-6(8)9/h11,13,17-18,35H,3-10,12,14-16,19-34H2,1-2H3;3-5H2,1-2H3,(H,8,9)/b13-11-,18-17-;/t35-;/m1./s1. The van der Waals surface area contributed by atoms with Crippen molar-refractivity contribution in [1.29, 1.82) is 0 Å². The van der Waals surface area contributed by atoms with Crippen molar-refractivity contribution in [2.75, 3.05) is 33.9 Å². The van der Waals surface area contributed by atoms with Crippen molar-refractivity contribution in [2.45, 2.75) is 199 Å². The van der Waals surface area contributed by atoms with Crippen LogP contribution < -0.4 is 0 Å². The topological polar surface area (TPSA) is 93.1 Å². The van der Waals surface area contributed by atoms with Gasteiger partial charge in [0.1, 0.15) is 0 Å². The van der Waals surface area contributed by atoms with E-state index in [0.29, 0.717) is 12.8 Å². The normalized spacial score (nSPS) is 11.9. The van der Waals surface area contributed by atoms with Gasteiger partial charge >= 0.3 is 17.9 Å². The number of nitrogens with zero attached hydrogens (tertiary/aromatic N) is 1. The molecule has 0 bridgehead atoms. The summed E-state index contributed by atoms with van der Waals surface area (Å²) in [6.07, 6.45) is 40.4. The molecule has 8 heteroatoms. The zero-order valence-corrected chi connectivity index (χ0v) is 33.8. The van der Waals surface area contributed by atoms with Gasteiger partial charge < -0.3 is 19.5 Å². The van der Waals surface area contributed by atoms with E-state index < -0.39 is 11.8 Å². The number of allylic oxidation sites excluding steroid dienone is 4. The second-order valence-corrected chi connectivity index (χ2v) is 14.4. The van der Waals surface area contributed by atoms with Crippen molar-refractivity contribution in [3.8, 4) is 0 Å². The van der Waals surface area contributed by atoms with Crippen LogP contribution in [-0.2, 0) is 23.9 Å². The lowest BCUT2D eigenvalue weighted by Crippen LogP contribution is -2.17. The first-order valence-electron chi connectivity index (χ1n) is 21.0. The van der Waals surface area contributed by atoms with E-state index in [2.05, 4.69) is 38.2 Å². The van der Waals surface area contributed by atoms with E-state index in [4.69, 9.17) is 22.4 Å². The summed E-state index contributed by atoms with van der Waals surface area (Å²) in [6.45, 7) is 5.56. The van der Waals surface area contributed by atoms with Gasteiger partial charge in [0.15, 0.2) is 0 Å². The molecule has 0 saturated heterocycles. The molecular weight excluding hydrogens is 637 g/mol. The Balaban J connectivity index is 0. The van der Waals surface area contributed by atoms with Crippen LogP contribution in [-0.4, -0.2) is 69.6 Å². The lowest BCUT2D eigenvalue weighted by molar-refractivity contribution is -0.146. The van der Waals surface area contributed by atoms with Gasteiger partial charge in [0.25, 0.3) is 0 Å². The third-order valence-electron chi connectivity index (χ3n) is 8.73. The van der Waals surface area contributed by atoms with Crippen molar-refractivity contribution in [2.24, 2.45) is 0 Å². The minimum absolute atomic E-state index is 0.102. The third-order valence-corrected chi connectivity index (χ3v) is 8.73. The Bertz CT molecular complexity index is 831. The highest BCUT2D eigenvalue weighted by molar-refractivity contribution is 6.12. The molecule has 0 aliphatic carbocycles. The van der Waals surface area contributed by atoms with Crippen molar-refractivity contribution < 1.29 is 29.0 Å². The Kier molecular flexibility index (Phi) is 42.3. The van der Waals surface area contributed by atoms with Gasteiger partial charge in [-0.3, -0.25) is 14.4 Å². The fourth-order valence-electron chi connectivity index (χ4n) is 5.51. The average Bonchev–Trinajstić information content (AvgIpc) is 3.10. The molecule has 1 N–H and O–H groups in total. The molecule has 0 aliphatic rings. The highest BCUT2D eigenvalue weighted by atomic mass is 16.5. The van der Waals surface area contributed by atoms with Crippen LogP contribution >= 0.6 is 0 Å². The molecule has 0 fully saturated rings. The van der Waals surface area contributed by atoms with Crippen LogP contribution in [0.15, 0.2) is 24.3 Å². The molecule has 0 rings (SSSR count). The van der Waals surface area contributed by atoms with Gasteiger partial charge in [-0.2, -0.15) is 0 Å². The van der Waals surface area contributed by atoms with Crippen LogP contribution in [0.1, 0.15) is 194 Å². The van der Waals surface area contributed by atoms with E-state index in [1.165, 1.54) is 109 Å². The Morgan fingerprint density at radius 2 is 0.922 bits per heavy atom. The molecule has 0 saturated carbocycles. The molecule has 0 spiro atoms. The number of ether oxygens (including phenoxy) is 2. The van der Waals surface area contributed by atoms with E-state index >= 15 is 0 Å². The third kappa shape index (κ3) is 47.9. The number of hydrogen-bond donors (Lipinski definition) is 1. The van der Waals surface area contributed by atoms with Crippen molar-refractivity contribution >= 4 is 25.8 Å². The summed E-state index contributed by atoms with van der Waals surface area (Å²) in [7, 11) is 9.83. The van der Waals surface area contributed by atoms with Crippen LogP contribution in [0.2, 0.25) is 5.82 Å². The summed E-state index contributed by atoms with van der Waals surface area (Å²) in [6, 6.07) is 0. The van der Waals surface area contributed by atoms with Gasteiger partial charge in [0.2, 0.25) is 0 Å². The number of unbranched alkanes of at least 4 members (excludes halogenated alkanes) is 20. The Hall–Kier alpha value is -2.09. The lowest BCUT2D eigenvalue weighted by Gasteiger charge is -2.13. The molecule has 2 radical (unpaired) electrons. The molecule has 0 aromatic carbocycles. The van der Waals surface area contributed by atoms with Crippen LogP contribution in [0, 0.1) is 0 Å². The summed E-state index contributed by atoms with van der Waals surface area (Å²) in [5, 5.41) is 8.21. The van der Waals surface area contributed by atoms with Crippen molar-refractivity contribution in [1.82, 2.24) is 4.90 Å². The monoisotopic (exact) mass is 718 g/mol. The van der Waals surface area contributed by atoms with E-state index in [9.17, 15) is 14.4 Å². The zero-order valence-electron chi connectivity index (χ0n) is 33.8. The predicted molar refractivity (Wildman–Crippen MR) is 217 cm³/mol. The lowest BCUT2D eigenvalue weighted by atomic mass is 9.89. The molecule has 7 nitrogen and oxygen atoms in total. The van der Waals surface area contributed by atoms with Crippen molar-refractivity contribution in [3.05, 3.63) is 24.3 Å². The first-order chi connectivity index (χ1) is 24.7. The highest BCUT2D eigenvalue weighted by Crippen LogP contribution is 2.14. The summed E-state index contributed by atoms with van der Waals surface area (Å²) >= 11 is 0. The maximum absolute atomic E-state index is 12.0. The van der Waals surface area contributed by atoms with Gasteiger partial charge in [-0.15, -0.1) is 0 Å². The van der Waals surface area contributed by atoms with E-state index in [1.807, 2.05) is 19.0 Å². The molecule has 0 unspecified atom stereocenters. The van der Waals surface area contributed by atoms with Gasteiger partial charge in [0.05, 0.1) is 21.1 Å². The summed E-state index contributed by atoms with van der Waals surface area (Å²) in [5.74, 6) is -1.59. The number of hydrogen-bond acceptors (Lipinski definition) is 6. The number of aliphatic carboxylic acids is 1. The average molecular weight is 718 g/mol. The molecule has 0 aromatic rings. The van der Waals surface area contributed by atoms with E-state index in [0.717, 1.165) is 57.9 Å². The van der Waals surface area contributed by atoms with Crippen LogP contribution in [0.4, 0.5) is 0 Å². The smallest absolute Gasteiger partial charge is 0.305 e. The number of carbonyl (C=O) groups excluding carboxylic acids is 2. The largest absolute Gasteiger partial charge is 0.481 e. The second kappa shape index (κ2) is 42.3. The number of rotatable bonds is 36. The number of esters is 2. The maximum Gasteiger partial charge on any atom is 0.305 e. The highest BCUT2D eigenvalue weighted by Gasteiger charge is 2.10. The Morgan fingerprint density at radius 1 is 0.549 bits per heavy atom. The molecule has 51 heavy (non-hydrogen) atoms. The zero-order chi connectivity index (χ0) is 38.0. The van der Waals surface area contributed by atoms with Crippen LogP contribution in [0.5, 0.6) is 0 Å². The van der Waals surface area contributed by atoms with Gasteiger partial charge in [-0.25, -0.2) is 0 Å². The van der Waals surface area contributed by atoms with Gasteiger partial charge in [0, 0.05) is 19.3 Å². The molecule has 296 valence electrons. The molecule has 1 atom stereocenters.